The van der Waals surface area contributed by atoms with Crippen molar-refractivity contribution in [1.82, 2.24) is 10.6 Å². The monoisotopic (exact) mass is 446 g/mol. The van der Waals surface area contributed by atoms with Crippen LogP contribution < -0.4 is 15.4 Å². The molecule has 1 aliphatic carbocycles. The lowest BCUT2D eigenvalue weighted by Gasteiger charge is -2.27. The van der Waals surface area contributed by atoms with E-state index in [-0.39, 0.29) is 35.1 Å². The third-order valence-electron chi connectivity index (χ3n) is 5.40. The molecule has 1 fully saturated rings. The van der Waals surface area contributed by atoms with Crippen LogP contribution in [0.1, 0.15) is 49.4 Å². The van der Waals surface area contributed by atoms with Gasteiger partial charge in [-0.3, -0.25) is 14.4 Å². The smallest absolute Gasteiger partial charge is 0.308 e. The number of rotatable bonds is 9. The van der Waals surface area contributed by atoms with Gasteiger partial charge in [-0.05, 0) is 68.7 Å². The normalized spacial score (nSPS) is 22.5. The molecule has 0 spiro atoms. The van der Waals surface area contributed by atoms with E-state index in [0.717, 1.165) is 32.1 Å². The van der Waals surface area contributed by atoms with Crippen molar-refractivity contribution in [2.75, 3.05) is 19.7 Å². The van der Waals surface area contributed by atoms with Crippen LogP contribution in [0.4, 0.5) is 0 Å². The Hall–Kier alpha value is -2.48. The number of ether oxygens (including phenoxy) is 2. The summed E-state index contributed by atoms with van der Waals surface area (Å²) in [5.74, 6) is 0.398. The molecule has 8 heteroatoms. The Bertz CT molecular complexity index is 780. The van der Waals surface area contributed by atoms with E-state index in [2.05, 4.69) is 10.6 Å². The summed E-state index contributed by atoms with van der Waals surface area (Å²) in [5, 5.41) is 7.54. The highest BCUT2D eigenvalue weighted by molar-refractivity contribution is 8.03. The minimum absolute atomic E-state index is 0.00189. The Labute approximate surface area is 187 Å². The number of hydrogen-bond acceptors (Lipinski definition) is 6. The molecule has 2 N–H and O–H groups in total. The molecule has 168 valence electrons. The number of carbonyl (C=O) groups excluding carboxylic acids is 3. The minimum Gasteiger partial charge on any atom is -0.490 e. The van der Waals surface area contributed by atoms with Gasteiger partial charge in [0.15, 0.2) is 0 Å². The zero-order valence-corrected chi connectivity index (χ0v) is 18.6. The summed E-state index contributed by atoms with van der Waals surface area (Å²) in [6.45, 7) is 3.01. The molecule has 1 saturated carbocycles. The molecule has 1 atom stereocenters. The quantitative estimate of drug-likeness (QED) is 0.447. The van der Waals surface area contributed by atoms with Gasteiger partial charge in [-0.2, -0.15) is 0 Å². The first-order valence-corrected chi connectivity index (χ1v) is 11.8. The molecule has 3 rings (SSSR count). The molecule has 2 amide bonds. The van der Waals surface area contributed by atoms with Crippen LogP contribution in [-0.2, 0) is 14.3 Å². The van der Waals surface area contributed by atoms with E-state index in [1.54, 1.807) is 24.3 Å². The van der Waals surface area contributed by atoms with Gasteiger partial charge in [0.25, 0.3) is 5.91 Å². The summed E-state index contributed by atoms with van der Waals surface area (Å²) in [5.41, 5.74) is 0.542. The van der Waals surface area contributed by atoms with E-state index in [9.17, 15) is 14.4 Å². The van der Waals surface area contributed by atoms with Crippen molar-refractivity contribution in [3.8, 4) is 5.75 Å². The number of amides is 2. The standard InChI is InChI=1S/C23H30N2O5S/c1-2-29-23(28)17-7-11-19(12-8-17)30-18-9-5-16(6-10-18)21(26)24-13-14-25-22(27)20-4-3-15-31-20/h3,5-6,9-10,15,17,19-20H,2,4,7-8,11-14H2,1H3,(H,24,26)(H,25,27)/t17-,19+,20?. The van der Waals surface area contributed by atoms with Gasteiger partial charge in [-0.15, -0.1) is 11.8 Å². The van der Waals surface area contributed by atoms with Crippen molar-refractivity contribution in [2.24, 2.45) is 5.92 Å². The molecule has 2 aliphatic rings. The number of nitrogens with one attached hydrogen (secondary N) is 2. The van der Waals surface area contributed by atoms with Crippen LogP contribution in [0.3, 0.4) is 0 Å². The van der Waals surface area contributed by atoms with Gasteiger partial charge in [-0.25, -0.2) is 0 Å². The summed E-state index contributed by atoms with van der Waals surface area (Å²) in [7, 11) is 0. The van der Waals surface area contributed by atoms with E-state index in [4.69, 9.17) is 9.47 Å². The lowest BCUT2D eigenvalue weighted by atomic mass is 9.87. The molecule has 1 aromatic carbocycles. The molecule has 0 aromatic heterocycles. The minimum atomic E-state index is -0.187. The molecular weight excluding hydrogens is 416 g/mol. The molecule has 1 heterocycles. The molecule has 0 bridgehead atoms. The van der Waals surface area contributed by atoms with E-state index >= 15 is 0 Å². The topological polar surface area (TPSA) is 93.7 Å². The summed E-state index contributed by atoms with van der Waals surface area (Å²) in [6.07, 6.45) is 5.98. The third kappa shape index (κ3) is 7.02. The van der Waals surface area contributed by atoms with Crippen LogP contribution in [0.15, 0.2) is 35.7 Å². The fraction of sp³-hybridized carbons (Fsp3) is 0.522. The summed E-state index contributed by atoms with van der Waals surface area (Å²) in [6, 6.07) is 7.04. The Balaban J connectivity index is 1.35. The number of esters is 1. The second-order valence-electron chi connectivity index (χ2n) is 7.65. The average molecular weight is 447 g/mol. The van der Waals surface area contributed by atoms with Crippen molar-refractivity contribution >= 4 is 29.5 Å². The first kappa shape index (κ1) is 23.2. The highest BCUT2D eigenvalue weighted by Gasteiger charge is 2.28. The summed E-state index contributed by atoms with van der Waals surface area (Å²) >= 11 is 1.52. The first-order valence-electron chi connectivity index (χ1n) is 10.9. The molecule has 1 aliphatic heterocycles. The van der Waals surface area contributed by atoms with Crippen LogP contribution >= 0.6 is 11.8 Å². The largest absolute Gasteiger partial charge is 0.490 e. The molecule has 0 radical (unpaired) electrons. The van der Waals surface area contributed by atoms with Crippen molar-refractivity contribution in [2.45, 2.75) is 50.4 Å². The Morgan fingerprint density at radius 2 is 1.74 bits per heavy atom. The highest BCUT2D eigenvalue weighted by atomic mass is 32.2. The lowest BCUT2D eigenvalue weighted by Crippen LogP contribution is -2.38. The van der Waals surface area contributed by atoms with E-state index in [1.807, 2.05) is 18.4 Å². The van der Waals surface area contributed by atoms with Gasteiger partial charge in [0.2, 0.25) is 5.91 Å². The number of carbonyl (C=O) groups is 3. The zero-order valence-electron chi connectivity index (χ0n) is 17.8. The maximum atomic E-state index is 12.3. The van der Waals surface area contributed by atoms with Gasteiger partial charge in [0, 0.05) is 18.7 Å². The number of benzene rings is 1. The van der Waals surface area contributed by atoms with Gasteiger partial charge < -0.3 is 20.1 Å². The predicted molar refractivity (Wildman–Crippen MR) is 120 cm³/mol. The SMILES string of the molecule is CCOC(=O)[C@H]1CC[C@@H](Oc2ccc(C(=O)NCCNC(=O)C3CC=CS3)cc2)CC1. The Morgan fingerprint density at radius 3 is 2.39 bits per heavy atom. The van der Waals surface area contributed by atoms with Crippen LogP contribution in [0.5, 0.6) is 5.75 Å². The van der Waals surface area contributed by atoms with Crippen molar-refractivity contribution in [3.05, 3.63) is 41.3 Å². The van der Waals surface area contributed by atoms with Gasteiger partial charge in [0.05, 0.1) is 23.9 Å². The van der Waals surface area contributed by atoms with E-state index in [1.165, 1.54) is 11.8 Å². The number of thioether (sulfide) groups is 1. The van der Waals surface area contributed by atoms with Crippen molar-refractivity contribution in [3.63, 3.8) is 0 Å². The van der Waals surface area contributed by atoms with Crippen LogP contribution in [0.2, 0.25) is 0 Å². The van der Waals surface area contributed by atoms with Gasteiger partial charge in [-0.1, -0.05) is 6.08 Å². The van der Waals surface area contributed by atoms with E-state index < -0.39 is 0 Å². The number of hydrogen-bond donors (Lipinski definition) is 2. The molecule has 1 unspecified atom stereocenters. The van der Waals surface area contributed by atoms with Gasteiger partial charge in [0.1, 0.15) is 5.75 Å². The van der Waals surface area contributed by atoms with E-state index in [0.29, 0.717) is 31.0 Å². The third-order valence-corrected chi connectivity index (χ3v) is 6.49. The van der Waals surface area contributed by atoms with Crippen LogP contribution in [0, 0.1) is 5.92 Å². The van der Waals surface area contributed by atoms with Crippen LogP contribution in [-0.4, -0.2) is 48.8 Å². The average Bonchev–Trinajstić information content (AvgIpc) is 3.33. The number of allylic oxidation sites excluding steroid dienone is 1. The lowest BCUT2D eigenvalue weighted by molar-refractivity contribution is -0.149. The maximum absolute atomic E-state index is 12.3. The second kappa shape index (κ2) is 11.8. The van der Waals surface area contributed by atoms with Crippen molar-refractivity contribution < 1.29 is 23.9 Å². The summed E-state index contributed by atoms with van der Waals surface area (Å²) < 4.78 is 11.1. The fourth-order valence-corrected chi connectivity index (χ4v) is 4.53. The Kier molecular flexibility index (Phi) is 8.82. The molecule has 1 aromatic rings. The van der Waals surface area contributed by atoms with Crippen LogP contribution in [0.25, 0.3) is 0 Å². The molecule has 0 saturated heterocycles. The summed E-state index contributed by atoms with van der Waals surface area (Å²) in [4.78, 5) is 36.0. The fourth-order valence-electron chi connectivity index (χ4n) is 3.69. The van der Waals surface area contributed by atoms with Crippen molar-refractivity contribution in [1.29, 1.82) is 0 Å². The molecule has 7 nitrogen and oxygen atoms in total. The zero-order chi connectivity index (χ0) is 22.1. The van der Waals surface area contributed by atoms with Gasteiger partial charge >= 0.3 is 5.97 Å². The Morgan fingerprint density at radius 1 is 1.03 bits per heavy atom. The predicted octanol–water partition coefficient (Wildman–Crippen LogP) is 3.05. The first-order chi connectivity index (χ1) is 15.1. The molecular formula is C23H30N2O5S. The second-order valence-corrected chi connectivity index (χ2v) is 8.76. The molecule has 31 heavy (non-hydrogen) atoms. The highest BCUT2D eigenvalue weighted by Crippen LogP contribution is 2.28. The maximum Gasteiger partial charge on any atom is 0.308 e.